The normalized spacial score (nSPS) is 28.4. The van der Waals surface area contributed by atoms with Gasteiger partial charge in [-0.3, -0.25) is 0 Å². The van der Waals surface area contributed by atoms with Crippen LogP contribution in [0.15, 0.2) is 42.7 Å². The average Bonchev–Trinajstić information content (AvgIpc) is 3.02. The van der Waals surface area contributed by atoms with E-state index in [1.165, 1.54) is 30.4 Å². The molecule has 1 N–H and O–H groups in total. The Kier molecular flexibility index (Phi) is 4.61. The smallest absolute Gasteiger partial charge is 0.128 e. The minimum Gasteiger partial charge on any atom is -0.309 e. The maximum Gasteiger partial charge on any atom is 0.128 e. The molecular weight excluding hydrogens is 294 g/mol. The molecule has 0 radical (unpaired) electrons. The summed E-state index contributed by atoms with van der Waals surface area (Å²) in [6.45, 7) is 3.04. The van der Waals surface area contributed by atoms with E-state index in [9.17, 15) is 0 Å². The lowest BCUT2D eigenvalue weighted by Crippen LogP contribution is -2.54. The van der Waals surface area contributed by atoms with Gasteiger partial charge in [0.15, 0.2) is 0 Å². The molecule has 3 nitrogen and oxygen atoms in total. The Morgan fingerprint density at radius 1 is 1.04 bits per heavy atom. The van der Waals surface area contributed by atoms with Crippen LogP contribution >= 0.6 is 0 Å². The molecule has 2 fully saturated rings. The third kappa shape index (κ3) is 2.98. The maximum atomic E-state index is 4.48. The first-order chi connectivity index (χ1) is 11.9. The molecular formula is C21H27N3. The second-order valence-electron chi connectivity index (χ2n) is 7.36. The van der Waals surface area contributed by atoms with Crippen molar-refractivity contribution in [2.75, 3.05) is 0 Å². The van der Waals surface area contributed by atoms with E-state index in [-0.39, 0.29) is 0 Å². The fourth-order valence-electron chi connectivity index (χ4n) is 4.77. The molecule has 0 bridgehead atoms. The molecule has 3 heteroatoms. The number of nitrogens with one attached hydrogen (secondary N) is 1. The molecule has 1 heterocycles. The Morgan fingerprint density at radius 3 is 2.54 bits per heavy atom. The third-order valence-corrected chi connectivity index (χ3v) is 5.89. The first-order valence-electron chi connectivity index (χ1n) is 9.45. The van der Waals surface area contributed by atoms with Crippen molar-refractivity contribution in [1.29, 1.82) is 0 Å². The van der Waals surface area contributed by atoms with Crippen molar-refractivity contribution < 1.29 is 0 Å². The summed E-state index contributed by atoms with van der Waals surface area (Å²) >= 11 is 0. The van der Waals surface area contributed by atoms with Crippen molar-refractivity contribution in [3.8, 4) is 0 Å². The average molecular weight is 321 g/mol. The summed E-state index contributed by atoms with van der Waals surface area (Å²) in [5.74, 6) is 3.38. The Bertz CT molecular complexity index is 653. The van der Waals surface area contributed by atoms with Crippen LogP contribution < -0.4 is 5.32 Å². The minimum absolute atomic E-state index is 0.607. The van der Waals surface area contributed by atoms with Gasteiger partial charge in [-0.2, -0.15) is 0 Å². The predicted molar refractivity (Wildman–Crippen MR) is 96.7 cm³/mol. The summed E-state index contributed by atoms with van der Waals surface area (Å²) in [6, 6.07) is 11.7. The van der Waals surface area contributed by atoms with Gasteiger partial charge in [-0.1, -0.05) is 43.7 Å². The molecule has 1 aromatic carbocycles. The highest BCUT2D eigenvalue weighted by atomic mass is 15.0. The molecule has 2 aliphatic rings. The van der Waals surface area contributed by atoms with Gasteiger partial charge >= 0.3 is 0 Å². The van der Waals surface area contributed by atoms with Crippen molar-refractivity contribution in [3.05, 3.63) is 59.7 Å². The van der Waals surface area contributed by atoms with E-state index in [1.807, 2.05) is 12.4 Å². The summed E-state index contributed by atoms with van der Waals surface area (Å²) in [7, 11) is 0. The minimum atomic E-state index is 0.607. The molecule has 2 saturated carbocycles. The van der Waals surface area contributed by atoms with Crippen LogP contribution in [0.3, 0.4) is 0 Å². The zero-order valence-electron chi connectivity index (χ0n) is 14.5. The molecule has 4 atom stereocenters. The fraction of sp³-hybridized carbons (Fsp3) is 0.524. The molecule has 0 aliphatic heterocycles. The molecule has 0 amide bonds. The van der Waals surface area contributed by atoms with Crippen LogP contribution in [-0.2, 0) is 13.0 Å². The van der Waals surface area contributed by atoms with Crippen molar-refractivity contribution in [2.45, 2.75) is 57.5 Å². The second kappa shape index (κ2) is 7.02. The van der Waals surface area contributed by atoms with Crippen molar-refractivity contribution in [2.24, 2.45) is 11.8 Å². The van der Waals surface area contributed by atoms with Gasteiger partial charge in [0.1, 0.15) is 5.82 Å². The molecule has 0 unspecified atom stereocenters. The van der Waals surface area contributed by atoms with Gasteiger partial charge in [-0.15, -0.1) is 0 Å². The molecule has 24 heavy (non-hydrogen) atoms. The first kappa shape index (κ1) is 15.8. The van der Waals surface area contributed by atoms with Gasteiger partial charge < -0.3 is 5.32 Å². The van der Waals surface area contributed by atoms with E-state index in [0.717, 1.165) is 37.0 Å². The maximum absolute atomic E-state index is 4.48. The summed E-state index contributed by atoms with van der Waals surface area (Å²) in [5.41, 5.74) is 2.70. The van der Waals surface area contributed by atoms with Crippen LogP contribution in [0.1, 0.15) is 55.5 Å². The van der Waals surface area contributed by atoms with E-state index in [1.54, 1.807) is 0 Å². The summed E-state index contributed by atoms with van der Waals surface area (Å²) in [6.07, 6.45) is 10.2. The van der Waals surface area contributed by atoms with Crippen LogP contribution in [-0.4, -0.2) is 16.0 Å². The van der Waals surface area contributed by atoms with Crippen LogP contribution in [0, 0.1) is 11.8 Å². The van der Waals surface area contributed by atoms with Crippen LogP contribution in [0.2, 0.25) is 0 Å². The molecule has 4 rings (SSSR count). The number of fused-ring (bicyclic) bond motifs is 1. The number of hydrogen-bond acceptors (Lipinski definition) is 3. The van der Waals surface area contributed by atoms with E-state index in [0.29, 0.717) is 12.0 Å². The van der Waals surface area contributed by atoms with Crippen LogP contribution in [0.4, 0.5) is 0 Å². The highest BCUT2D eigenvalue weighted by molar-refractivity contribution is 5.28. The van der Waals surface area contributed by atoms with Crippen LogP contribution in [0.5, 0.6) is 0 Å². The summed E-state index contributed by atoms with van der Waals surface area (Å²) in [5, 5.41) is 3.83. The number of nitrogens with zero attached hydrogens (tertiary/aromatic N) is 2. The number of aryl methyl sites for hydroxylation is 1. The van der Waals surface area contributed by atoms with Gasteiger partial charge in [0.05, 0.1) is 0 Å². The van der Waals surface area contributed by atoms with E-state index >= 15 is 0 Å². The monoisotopic (exact) mass is 321 g/mol. The standard InChI is InChI=1S/C21H27N3/c1-2-7-19-22-12-15(13-23-19)14-24-21-18-11-6-10-17(18)20(21)16-8-4-3-5-9-16/h3-5,8-9,12-13,17-18,20-21,24H,2,6-7,10-11,14H2,1H3/t17-,18+,20+,21+/m0/s1. The molecule has 126 valence electrons. The van der Waals surface area contributed by atoms with Gasteiger partial charge in [0.25, 0.3) is 0 Å². The van der Waals surface area contributed by atoms with Gasteiger partial charge in [0.2, 0.25) is 0 Å². The fourth-order valence-corrected chi connectivity index (χ4v) is 4.77. The van der Waals surface area contributed by atoms with Crippen molar-refractivity contribution >= 4 is 0 Å². The number of benzene rings is 1. The highest BCUT2D eigenvalue weighted by Crippen LogP contribution is 2.55. The van der Waals surface area contributed by atoms with E-state index in [2.05, 4.69) is 52.5 Å². The Balaban J connectivity index is 1.43. The molecule has 0 saturated heterocycles. The SMILES string of the molecule is CCCc1ncc(CN[C@@H]2[C@@H]3CCC[C@@H]3[C@H]2c2ccccc2)cn1. The second-order valence-corrected chi connectivity index (χ2v) is 7.36. The lowest BCUT2D eigenvalue weighted by atomic mass is 9.60. The molecule has 1 aromatic heterocycles. The van der Waals surface area contributed by atoms with E-state index < -0.39 is 0 Å². The number of rotatable bonds is 6. The predicted octanol–water partition coefficient (Wildman–Crippen LogP) is 4.10. The first-order valence-corrected chi connectivity index (χ1v) is 9.45. The molecule has 2 aromatic rings. The Morgan fingerprint density at radius 2 is 1.79 bits per heavy atom. The highest BCUT2D eigenvalue weighted by Gasteiger charge is 2.52. The number of hydrogen-bond donors (Lipinski definition) is 1. The molecule has 0 spiro atoms. The Hall–Kier alpha value is -1.74. The lowest BCUT2D eigenvalue weighted by molar-refractivity contribution is 0.0940. The van der Waals surface area contributed by atoms with Crippen LogP contribution in [0.25, 0.3) is 0 Å². The zero-order valence-corrected chi connectivity index (χ0v) is 14.5. The topological polar surface area (TPSA) is 37.8 Å². The van der Waals surface area contributed by atoms with Gasteiger partial charge in [-0.25, -0.2) is 9.97 Å². The van der Waals surface area contributed by atoms with Gasteiger partial charge in [-0.05, 0) is 36.7 Å². The number of aromatic nitrogens is 2. The largest absolute Gasteiger partial charge is 0.309 e. The van der Waals surface area contributed by atoms with Crippen molar-refractivity contribution in [1.82, 2.24) is 15.3 Å². The summed E-state index contributed by atoms with van der Waals surface area (Å²) < 4.78 is 0. The quantitative estimate of drug-likeness (QED) is 0.870. The summed E-state index contributed by atoms with van der Waals surface area (Å²) in [4.78, 5) is 8.97. The van der Waals surface area contributed by atoms with Crippen molar-refractivity contribution in [3.63, 3.8) is 0 Å². The Labute approximate surface area is 144 Å². The molecule has 2 aliphatic carbocycles. The zero-order chi connectivity index (χ0) is 16.4. The lowest BCUT2D eigenvalue weighted by Gasteiger charge is -2.50. The van der Waals surface area contributed by atoms with Gasteiger partial charge in [0, 0.05) is 42.9 Å². The van der Waals surface area contributed by atoms with E-state index in [4.69, 9.17) is 0 Å². The third-order valence-electron chi connectivity index (χ3n) is 5.89.